The predicted molar refractivity (Wildman–Crippen MR) is 128 cm³/mol. The van der Waals surface area contributed by atoms with Gasteiger partial charge in [-0.25, -0.2) is 13.4 Å². The van der Waals surface area contributed by atoms with Crippen LogP contribution in [0.1, 0.15) is 25.0 Å². The summed E-state index contributed by atoms with van der Waals surface area (Å²) in [5, 5.41) is 3.45. The lowest BCUT2D eigenvalue weighted by Crippen LogP contribution is -2.22. The van der Waals surface area contributed by atoms with Crippen molar-refractivity contribution in [3.8, 4) is 11.3 Å². The Labute approximate surface area is 188 Å². The third-order valence-corrected chi connectivity index (χ3v) is 7.01. The Morgan fingerprint density at radius 3 is 2.48 bits per heavy atom. The number of hydrogen-bond acceptors (Lipinski definition) is 6. The molecule has 31 heavy (non-hydrogen) atoms. The van der Waals surface area contributed by atoms with Gasteiger partial charge in [-0.15, -0.1) is 0 Å². The summed E-state index contributed by atoms with van der Waals surface area (Å²) in [5.41, 5.74) is 10.1. The minimum atomic E-state index is -3.35. The van der Waals surface area contributed by atoms with Crippen LogP contribution in [0.4, 0.5) is 17.5 Å². The van der Waals surface area contributed by atoms with Crippen molar-refractivity contribution in [1.29, 1.82) is 0 Å². The van der Waals surface area contributed by atoms with Gasteiger partial charge in [-0.05, 0) is 56.5 Å². The summed E-state index contributed by atoms with van der Waals surface area (Å²) in [6.07, 6.45) is 0.729. The molecule has 0 aliphatic carbocycles. The Kier molecular flexibility index (Phi) is 7.02. The number of hydrogen-bond donors (Lipinski definition) is 3. The quantitative estimate of drug-likeness (QED) is 0.457. The van der Waals surface area contributed by atoms with E-state index in [0.29, 0.717) is 28.8 Å². The van der Waals surface area contributed by atoms with Gasteiger partial charge in [0.05, 0.1) is 10.9 Å². The standard InChI is InChI=1S/C22H26ClN5O2S/c1-14(2)31(29,30)28-17-9-7-16(8-10-17)11-12-25-21-13-20(26-22(24)27-21)18-5-4-6-19(23)15(18)3/h4-10,13-14,28H,11-12H2,1-3H3,(H3,24,25,26,27). The van der Waals surface area contributed by atoms with Crippen LogP contribution in [0.3, 0.4) is 0 Å². The number of rotatable bonds is 8. The van der Waals surface area contributed by atoms with Crippen LogP contribution in [0.15, 0.2) is 48.5 Å². The van der Waals surface area contributed by atoms with E-state index in [9.17, 15) is 8.42 Å². The van der Waals surface area contributed by atoms with Crippen LogP contribution in [0.2, 0.25) is 5.02 Å². The third-order valence-electron chi connectivity index (χ3n) is 4.84. The zero-order chi connectivity index (χ0) is 22.6. The lowest BCUT2D eigenvalue weighted by molar-refractivity contribution is 0.593. The molecule has 4 N–H and O–H groups in total. The molecule has 0 amide bonds. The number of nitrogens with zero attached hydrogens (tertiary/aromatic N) is 2. The third kappa shape index (κ3) is 5.86. The molecule has 0 atom stereocenters. The molecular formula is C22H26ClN5O2S. The van der Waals surface area contributed by atoms with Gasteiger partial charge < -0.3 is 11.1 Å². The fourth-order valence-corrected chi connectivity index (χ4v) is 3.81. The van der Waals surface area contributed by atoms with Crippen LogP contribution < -0.4 is 15.8 Å². The zero-order valence-electron chi connectivity index (χ0n) is 17.7. The fraction of sp³-hybridized carbons (Fsp3) is 0.273. The van der Waals surface area contributed by atoms with E-state index >= 15 is 0 Å². The highest BCUT2D eigenvalue weighted by molar-refractivity contribution is 7.93. The summed E-state index contributed by atoms with van der Waals surface area (Å²) in [6.45, 7) is 5.85. The number of nitrogens with two attached hydrogens (primary N) is 1. The van der Waals surface area contributed by atoms with E-state index in [1.165, 1.54) is 0 Å². The first-order chi connectivity index (χ1) is 14.7. The van der Waals surface area contributed by atoms with Gasteiger partial charge in [-0.1, -0.05) is 35.9 Å². The maximum atomic E-state index is 12.0. The minimum Gasteiger partial charge on any atom is -0.370 e. The first-order valence-electron chi connectivity index (χ1n) is 9.90. The Morgan fingerprint density at radius 2 is 1.81 bits per heavy atom. The molecule has 3 rings (SSSR count). The Morgan fingerprint density at radius 1 is 1.10 bits per heavy atom. The summed E-state index contributed by atoms with van der Waals surface area (Å²) in [4.78, 5) is 8.59. The predicted octanol–water partition coefficient (Wildman–Crippen LogP) is 4.49. The van der Waals surface area contributed by atoms with Crippen molar-refractivity contribution in [2.45, 2.75) is 32.4 Å². The molecule has 9 heteroatoms. The molecule has 0 aliphatic heterocycles. The van der Waals surface area contributed by atoms with Crippen LogP contribution in [0.25, 0.3) is 11.3 Å². The van der Waals surface area contributed by atoms with E-state index in [1.54, 1.807) is 26.0 Å². The molecule has 3 aromatic rings. The molecule has 7 nitrogen and oxygen atoms in total. The molecule has 0 aliphatic rings. The number of nitrogen functional groups attached to an aromatic ring is 1. The molecule has 1 aromatic heterocycles. The molecule has 0 fully saturated rings. The monoisotopic (exact) mass is 459 g/mol. The molecule has 2 aromatic carbocycles. The molecule has 0 bridgehead atoms. The van der Waals surface area contributed by atoms with Gasteiger partial charge in [0.25, 0.3) is 0 Å². The molecule has 0 unspecified atom stereocenters. The molecule has 0 saturated heterocycles. The SMILES string of the molecule is Cc1c(Cl)cccc1-c1cc(NCCc2ccc(NS(=O)(=O)C(C)C)cc2)nc(N)n1. The van der Waals surface area contributed by atoms with Gasteiger partial charge in [0.15, 0.2) is 0 Å². The second kappa shape index (κ2) is 9.53. The van der Waals surface area contributed by atoms with Gasteiger partial charge in [0.1, 0.15) is 5.82 Å². The Balaban J connectivity index is 1.64. The highest BCUT2D eigenvalue weighted by Gasteiger charge is 2.15. The van der Waals surface area contributed by atoms with Crippen molar-refractivity contribution in [3.63, 3.8) is 0 Å². The lowest BCUT2D eigenvalue weighted by atomic mass is 10.1. The lowest BCUT2D eigenvalue weighted by Gasteiger charge is -2.12. The topological polar surface area (TPSA) is 110 Å². The number of nitrogens with one attached hydrogen (secondary N) is 2. The number of halogens is 1. The normalized spacial score (nSPS) is 11.5. The zero-order valence-corrected chi connectivity index (χ0v) is 19.3. The number of benzene rings is 2. The molecular weight excluding hydrogens is 434 g/mol. The van der Waals surface area contributed by atoms with E-state index in [4.69, 9.17) is 17.3 Å². The molecule has 164 valence electrons. The second-order valence-corrected chi connectivity index (χ2v) is 10.1. The van der Waals surface area contributed by atoms with Crippen molar-refractivity contribution in [3.05, 3.63) is 64.7 Å². The average molecular weight is 460 g/mol. The van der Waals surface area contributed by atoms with Crippen LogP contribution in [0.5, 0.6) is 0 Å². The molecule has 1 heterocycles. The highest BCUT2D eigenvalue weighted by Crippen LogP contribution is 2.28. The first kappa shape index (κ1) is 22.8. The minimum absolute atomic E-state index is 0.182. The summed E-state index contributed by atoms with van der Waals surface area (Å²) < 4.78 is 26.5. The largest absolute Gasteiger partial charge is 0.370 e. The van der Waals surface area contributed by atoms with Crippen LogP contribution in [-0.2, 0) is 16.4 Å². The van der Waals surface area contributed by atoms with E-state index in [2.05, 4.69) is 20.0 Å². The summed E-state index contributed by atoms with van der Waals surface area (Å²) in [7, 11) is -3.35. The van der Waals surface area contributed by atoms with Gasteiger partial charge in [-0.2, -0.15) is 4.98 Å². The van der Waals surface area contributed by atoms with Crippen LogP contribution in [0, 0.1) is 6.92 Å². The van der Waals surface area contributed by atoms with Gasteiger partial charge in [0, 0.05) is 28.9 Å². The van der Waals surface area contributed by atoms with E-state index in [1.807, 2.05) is 43.3 Å². The average Bonchev–Trinajstić information content (AvgIpc) is 2.70. The van der Waals surface area contributed by atoms with E-state index < -0.39 is 15.3 Å². The van der Waals surface area contributed by atoms with Crippen molar-refractivity contribution in [2.75, 3.05) is 22.3 Å². The Bertz CT molecular complexity index is 1170. The van der Waals surface area contributed by atoms with Crippen molar-refractivity contribution >= 4 is 39.1 Å². The summed E-state index contributed by atoms with van der Waals surface area (Å²) in [6, 6.07) is 14.8. The van der Waals surface area contributed by atoms with Gasteiger partial charge >= 0.3 is 0 Å². The van der Waals surface area contributed by atoms with Crippen molar-refractivity contribution < 1.29 is 8.42 Å². The number of sulfonamides is 1. The van der Waals surface area contributed by atoms with Crippen molar-refractivity contribution in [1.82, 2.24) is 9.97 Å². The van der Waals surface area contributed by atoms with E-state index in [0.717, 1.165) is 23.1 Å². The van der Waals surface area contributed by atoms with Crippen LogP contribution >= 0.6 is 11.6 Å². The highest BCUT2D eigenvalue weighted by atomic mass is 35.5. The number of aromatic nitrogens is 2. The smallest absolute Gasteiger partial charge is 0.235 e. The first-order valence-corrected chi connectivity index (χ1v) is 11.8. The molecule has 0 saturated carbocycles. The maximum absolute atomic E-state index is 12.0. The summed E-state index contributed by atoms with van der Waals surface area (Å²) >= 11 is 6.23. The Hall–Kier alpha value is -2.84. The molecule has 0 radical (unpaired) electrons. The molecule has 0 spiro atoms. The van der Waals surface area contributed by atoms with Gasteiger partial charge in [0.2, 0.25) is 16.0 Å². The maximum Gasteiger partial charge on any atom is 0.235 e. The van der Waals surface area contributed by atoms with E-state index in [-0.39, 0.29) is 5.95 Å². The number of anilines is 3. The summed E-state index contributed by atoms with van der Waals surface area (Å²) in [5.74, 6) is 0.810. The van der Waals surface area contributed by atoms with Gasteiger partial charge in [-0.3, -0.25) is 4.72 Å². The fourth-order valence-electron chi connectivity index (χ4n) is 2.94. The van der Waals surface area contributed by atoms with Crippen molar-refractivity contribution in [2.24, 2.45) is 0 Å². The second-order valence-electron chi connectivity index (χ2n) is 7.48. The van der Waals surface area contributed by atoms with Crippen LogP contribution in [-0.4, -0.2) is 30.2 Å².